The van der Waals surface area contributed by atoms with Crippen molar-refractivity contribution in [3.05, 3.63) is 51.3 Å². The average molecular weight is 383 g/mol. The van der Waals surface area contributed by atoms with Gasteiger partial charge in [-0.3, -0.25) is 9.48 Å². The molecule has 0 saturated carbocycles. The topological polar surface area (TPSA) is 65.4 Å². The van der Waals surface area contributed by atoms with Crippen molar-refractivity contribution in [1.29, 1.82) is 0 Å². The number of nitrogens with zero attached hydrogens (tertiary/aromatic N) is 2. The van der Waals surface area contributed by atoms with E-state index in [2.05, 4.69) is 21.9 Å². The van der Waals surface area contributed by atoms with Crippen molar-refractivity contribution in [3.63, 3.8) is 0 Å². The number of nitrogens with one attached hydrogen (secondary N) is 1. The Labute approximate surface area is 161 Å². The van der Waals surface area contributed by atoms with Gasteiger partial charge < -0.3 is 14.8 Å². The van der Waals surface area contributed by atoms with Crippen molar-refractivity contribution in [2.75, 3.05) is 14.2 Å². The van der Waals surface area contributed by atoms with Gasteiger partial charge in [-0.25, -0.2) is 0 Å². The molecule has 0 radical (unpaired) electrons. The van der Waals surface area contributed by atoms with Crippen LogP contribution >= 0.6 is 11.3 Å². The van der Waals surface area contributed by atoms with Crippen LogP contribution in [0.15, 0.2) is 29.6 Å². The van der Waals surface area contributed by atoms with Gasteiger partial charge in [0.2, 0.25) is 0 Å². The summed E-state index contributed by atoms with van der Waals surface area (Å²) < 4.78 is 12.5. The number of methoxy groups -OCH3 is 2. The molecule has 140 valence electrons. The Hall–Kier alpha value is -2.80. The summed E-state index contributed by atoms with van der Waals surface area (Å²) in [4.78, 5) is 14.2. The molecule has 0 bridgehead atoms. The highest BCUT2D eigenvalue weighted by Crippen LogP contribution is 2.37. The predicted molar refractivity (Wildman–Crippen MR) is 105 cm³/mol. The van der Waals surface area contributed by atoms with Crippen molar-refractivity contribution in [1.82, 2.24) is 15.1 Å². The Morgan fingerprint density at radius 1 is 1.26 bits per heavy atom. The first-order valence-electron chi connectivity index (χ1n) is 8.74. The maximum absolute atomic E-state index is 12.9. The lowest BCUT2D eigenvalue weighted by molar-refractivity contribution is 0.0944. The zero-order chi connectivity index (χ0) is 19.0. The fourth-order valence-corrected chi connectivity index (χ4v) is 4.47. The number of aromatic nitrogens is 2. The van der Waals surface area contributed by atoms with E-state index in [-0.39, 0.29) is 5.91 Å². The molecule has 4 rings (SSSR count). The van der Waals surface area contributed by atoms with Crippen LogP contribution in [0.25, 0.3) is 11.3 Å². The molecule has 2 aromatic heterocycles. The summed E-state index contributed by atoms with van der Waals surface area (Å²) >= 11 is 1.76. The van der Waals surface area contributed by atoms with E-state index < -0.39 is 0 Å². The quantitative estimate of drug-likeness (QED) is 0.735. The Morgan fingerprint density at radius 2 is 2.11 bits per heavy atom. The summed E-state index contributed by atoms with van der Waals surface area (Å²) in [6.45, 7) is 0.342. The maximum atomic E-state index is 12.9. The van der Waals surface area contributed by atoms with Gasteiger partial charge >= 0.3 is 0 Å². The molecule has 1 N–H and O–H groups in total. The van der Waals surface area contributed by atoms with Crippen LogP contribution in [0.5, 0.6) is 11.5 Å². The number of benzene rings is 1. The van der Waals surface area contributed by atoms with Crippen LogP contribution in [0.4, 0.5) is 0 Å². The molecule has 1 amide bonds. The van der Waals surface area contributed by atoms with Gasteiger partial charge in [0.15, 0.2) is 5.69 Å². The van der Waals surface area contributed by atoms with Crippen LogP contribution in [-0.4, -0.2) is 29.9 Å². The molecule has 2 heterocycles. The molecule has 0 aliphatic heterocycles. The maximum Gasteiger partial charge on any atom is 0.272 e. The molecule has 3 aromatic rings. The van der Waals surface area contributed by atoms with Crippen molar-refractivity contribution < 1.29 is 14.3 Å². The number of ether oxygens (including phenoxy) is 2. The minimum atomic E-state index is -0.171. The van der Waals surface area contributed by atoms with Crippen LogP contribution in [0.2, 0.25) is 0 Å². The lowest BCUT2D eigenvalue weighted by Gasteiger charge is -2.14. The summed E-state index contributed by atoms with van der Waals surface area (Å²) in [6.07, 6.45) is 1.79. The van der Waals surface area contributed by atoms with Gasteiger partial charge in [0, 0.05) is 35.2 Å². The van der Waals surface area contributed by atoms with Crippen LogP contribution in [0.3, 0.4) is 0 Å². The minimum Gasteiger partial charge on any atom is -0.497 e. The third-order valence-electron chi connectivity index (χ3n) is 4.89. The van der Waals surface area contributed by atoms with Crippen LogP contribution in [0, 0.1) is 0 Å². The second kappa shape index (κ2) is 7.08. The van der Waals surface area contributed by atoms with Crippen molar-refractivity contribution in [2.45, 2.75) is 19.4 Å². The second-order valence-corrected chi connectivity index (χ2v) is 7.42. The van der Waals surface area contributed by atoms with E-state index in [1.165, 1.54) is 10.4 Å². The molecule has 0 spiro atoms. The molecular weight excluding hydrogens is 362 g/mol. The summed E-state index contributed by atoms with van der Waals surface area (Å²) in [7, 11) is 5.12. The highest BCUT2D eigenvalue weighted by molar-refractivity contribution is 7.10. The Kier molecular flexibility index (Phi) is 4.61. The second-order valence-electron chi connectivity index (χ2n) is 6.42. The molecule has 27 heavy (non-hydrogen) atoms. The normalized spacial score (nSPS) is 12.3. The van der Waals surface area contributed by atoms with Crippen molar-refractivity contribution in [3.8, 4) is 22.8 Å². The summed E-state index contributed by atoms with van der Waals surface area (Å²) in [5, 5.41) is 9.59. The van der Waals surface area contributed by atoms with E-state index in [1.807, 2.05) is 29.9 Å². The van der Waals surface area contributed by atoms with E-state index in [9.17, 15) is 4.79 Å². The zero-order valence-corrected chi connectivity index (χ0v) is 16.4. The molecule has 1 aliphatic carbocycles. The van der Waals surface area contributed by atoms with E-state index in [0.29, 0.717) is 18.0 Å². The molecule has 0 atom stereocenters. The first-order chi connectivity index (χ1) is 13.1. The number of fused-ring (bicyclic) bond motifs is 3. The standard InChI is InChI=1S/C20H21N3O3S/c1-23-19-14-8-9-27-17(14)7-5-15(19)18(22-23)20(24)21-11-12-10-13(25-2)4-6-16(12)26-3/h4,6,8-10H,5,7,11H2,1-3H3,(H,21,24). The van der Waals surface area contributed by atoms with E-state index in [1.54, 1.807) is 25.6 Å². The highest BCUT2D eigenvalue weighted by atomic mass is 32.1. The first-order valence-corrected chi connectivity index (χ1v) is 9.62. The van der Waals surface area contributed by atoms with E-state index in [4.69, 9.17) is 9.47 Å². The summed E-state index contributed by atoms with van der Waals surface area (Å²) in [6, 6.07) is 7.64. The molecule has 7 heteroatoms. The fourth-order valence-electron chi connectivity index (χ4n) is 3.59. The molecular formula is C20H21N3O3S. The molecule has 0 fully saturated rings. The molecule has 0 unspecified atom stereocenters. The number of hydrogen-bond donors (Lipinski definition) is 1. The Bertz CT molecular complexity index is 1010. The molecule has 1 aromatic carbocycles. The molecule has 0 saturated heterocycles. The number of carbonyl (C=O) groups is 1. The first kappa shape index (κ1) is 17.6. The molecule has 1 aliphatic rings. The van der Waals surface area contributed by atoms with Crippen LogP contribution in [0.1, 0.15) is 26.5 Å². The third-order valence-corrected chi connectivity index (χ3v) is 5.87. The molecule has 6 nitrogen and oxygen atoms in total. The van der Waals surface area contributed by atoms with Gasteiger partial charge in [-0.2, -0.15) is 5.10 Å². The monoisotopic (exact) mass is 383 g/mol. The van der Waals surface area contributed by atoms with E-state index >= 15 is 0 Å². The Morgan fingerprint density at radius 3 is 2.89 bits per heavy atom. The predicted octanol–water partition coefficient (Wildman–Crippen LogP) is 3.19. The van der Waals surface area contributed by atoms with Gasteiger partial charge in [0.25, 0.3) is 5.91 Å². The number of aryl methyl sites for hydroxylation is 2. The number of carbonyl (C=O) groups excluding carboxylic acids is 1. The minimum absolute atomic E-state index is 0.171. The Balaban J connectivity index is 1.58. The third kappa shape index (κ3) is 3.08. The number of hydrogen-bond acceptors (Lipinski definition) is 5. The lowest BCUT2D eigenvalue weighted by atomic mass is 9.94. The van der Waals surface area contributed by atoms with Crippen molar-refractivity contribution in [2.24, 2.45) is 7.05 Å². The van der Waals surface area contributed by atoms with Gasteiger partial charge in [-0.1, -0.05) is 0 Å². The van der Waals surface area contributed by atoms with Gasteiger partial charge in [-0.05, 0) is 42.5 Å². The average Bonchev–Trinajstić information content (AvgIpc) is 3.29. The smallest absolute Gasteiger partial charge is 0.272 e. The number of thiophene rings is 1. The number of rotatable bonds is 5. The lowest BCUT2D eigenvalue weighted by Crippen LogP contribution is -2.25. The zero-order valence-electron chi connectivity index (χ0n) is 15.5. The largest absolute Gasteiger partial charge is 0.497 e. The summed E-state index contributed by atoms with van der Waals surface area (Å²) in [5.41, 5.74) is 4.64. The van der Waals surface area contributed by atoms with Gasteiger partial charge in [0.1, 0.15) is 11.5 Å². The fraction of sp³-hybridized carbons (Fsp3) is 0.300. The highest BCUT2D eigenvalue weighted by Gasteiger charge is 2.27. The van der Waals surface area contributed by atoms with E-state index in [0.717, 1.165) is 35.4 Å². The van der Waals surface area contributed by atoms with Crippen LogP contribution in [-0.2, 0) is 26.4 Å². The van der Waals surface area contributed by atoms with Crippen LogP contribution < -0.4 is 14.8 Å². The summed E-state index contributed by atoms with van der Waals surface area (Å²) in [5.74, 6) is 1.26. The SMILES string of the molecule is COc1ccc(OC)c(CNC(=O)c2nn(C)c3c2CCc2sccc2-3)c1. The van der Waals surface area contributed by atoms with Gasteiger partial charge in [0.05, 0.1) is 19.9 Å². The number of amides is 1. The van der Waals surface area contributed by atoms with Crippen molar-refractivity contribution >= 4 is 17.2 Å². The van der Waals surface area contributed by atoms with Gasteiger partial charge in [-0.15, -0.1) is 11.3 Å².